The lowest BCUT2D eigenvalue weighted by atomic mass is 9.99. The van der Waals surface area contributed by atoms with Crippen LogP contribution in [0, 0.1) is 18.7 Å². The third-order valence-corrected chi connectivity index (χ3v) is 8.42. The van der Waals surface area contributed by atoms with Crippen molar-refractivity contribution in [2.45, 2.75) is 31.2 Å². The first kappa shape index (κ1) is 23.3. The molecule has 33 heavy (non-hydrogen) atoms. The zero-order chi connectivity index (χ0) is 23.4. The number of benzene rings is 1. The van der Waals surface area contributed by atoms with E-state index in [1.165, 1.54) is 22.5 Å². The first-order valence-electron chi connectivity index (χ1n) is 10.6. The molecular weight excluding hydrogens is 465 g/mol. The molecule has 0 spiro atoms. The number of halogens is 1. The Hall–Kier alpha value is -2.82. The van der Waals surface area contributed by atoms with Gasteiger partial charge < -0.3 is 9.84 Å². The summed E-state index contributed by atoms with van der Waals surface area (Å²) in [6.07, 6.45) is 4.04. The molecule has 1 amide bonds. The van der Waals surface area contributed by atoms with Crippen molar-refractivity contribution in [1.82, 2.24) is 14.8 Å². The van der Waals surface area contributed by atoms with E-state index < -0.39 is 21.8 Å². The average Bonchev–Trinajstić information content (AvgIpc) is 3.47. The number of nitrogens with one attached hydrogen (secondary N) is 1. The largest absolute Gasteiger partial charge is 0.355 e. The predicted molar refractivity (Wildman–Crippen MR) is 124 cm³/mol. The van der Waals surface area contributed by atoms with Gasteiger partial charge in [-0.05, 0) is 49.4 Å². The number of hydrogen-bond acceptors (Lipinski definition) is 6. The molecule has 0 bridgehead atoms. The van der Waals surface area contributed by atoms with Crippen molar-refractivity contribution in [3.05, 3.63) is 69.5 Å². The fraction of sp³-hybridized carbons (Fsp3) is 0.304. The second-order valence-corrected chi connectivity index (χ2v) is 10.7. The van der Waals surface area contributed by atoms with Crippen molar-refractivity contribution in [2.24, 2.45) is 5.92 Å². The Kier molecular flexibility index (Phi) is 7.06. The predicted octanol–water partition coefficient (Wildman–Crippen LogP) is 4.07. The van der Waals surface area contributed by atoms with E-state index in [2.05, 4.69) is 10.5 Å². The van der Waals surface area contributed by atoms with Crippen LogP contribution in [0.4, 0.5) is 4.39 Å². The number of piperidine rings is 1. The number of nitrogens with zero attached hydrogens (tertiary/aromatic N) is 2. The molecule has 3 aromatic rings. The molecule has 1 aliphatic heterocycles. The standard InChI is InChI=1S/C23H24FN3O4S2/c1-16-22(21(31-26-16)11-10-17-6-2-3-9-20(17)24)33(29,30)27-12-4-7-18(15-27)23(28)25-14-19-8-5-13-32-19/h2-3,5-6,8-11,13,18H,4,7,12,14-15H2,1H3,(H,25,28)/b11-10+. The SMILES string of the molecule is Cc1noc(/C=C/c2ccccc2F)c1S(=O)(=O)N1CCCC(C(=O)NCc2cccs2)C1. The Morgan fingerprint density at radius 2 is 2.12 bits per heavy atom. The molecule has 10 heteroatoms. The molecular formula is C23H24FN3O4S2. The van der Waals surface area contributed by atoms with Crippen LogP contribution in [-0.2, 0) is 21.4 Å². The molecule has 1 saturated heterocycles. The van der Waals surface area contributed by atoms with Crippen molar-refractivity contribution >= 4 is 39.4 Å². The van der Waals surface area contributed by atoms with Crippen molar-refractivity contribution < 1.29 is 22.1 Å². The normalized spacial score (nSPS) is 17.5. The minimum atomic E-state index is -3.96. The summed E-state index contributed by atoms with van der Waals surface area (Å²) in [5.41, 5.74) is 0.516. The second-order valence-electron chi connectivity index (χ2n) is 7.82. The highest BCUT2D eigenvalue weighted by molar-refractivity contribution is 7.89. The maximum absolute atomic E-state index is 13.9. The van der Waals surface area contributed by atoms with Gasteiger partial charge in [0.1, 0.15) is 11.5 Å². The average molecular weight is 490 g/mol. The quantitative estimate of drug-likeness (QED) is 0.540. The highest BCUT2D eigenvalue weighted by Gasteiger charge is 2.36. The number of carbonyl (C=O) groups is 1. The minimum Gasteiger partial charge on any atom is -0.355 e. The van der Waals surface area contributed by atoms with Crippen LogP contribution < -0.4 is 5.32 Å². The summed E-state index contributed by atoms with van der Waals surface area (Å²) in [4.78, 5) is 13.6. The van der Waals surface area contributed by atoms with Crippen molar-refractivity contribution in [2.75, 3.05) is 13.1 Å². The van der Waals surface area contributed by atoms with Gasteiger partial charge in [0.15, 0.2) is 10.7 Å². The molecule has 1 atom stereocenters. The summed E-state index contributed by atoms with van der Waals surface area (Å²) in [6.45, 7) is 2.36. The number of aryl methyl sites for hydroxylation is 1. The lowest BCUT2D eigenvalue weighted by Gasteiger charge is -2.31. The van der Waals surface area contributed by atoms with Gasteiger partial charge in [-0.1, -0.05) is 29.4 Å². The lowest BCUT2D eigenvalue weighted by molar-refractivity contribution is -0.126. The van der Waals surface area contributed by atoms with Crippen LogP contribution in [0.5, 0.6) is 0 Å². The highest BCUT2D eigenvalue weighted by atomic mass is 32.2. The summed E-state index contributed by atoms with van der Waals surface area (Å²) in [7, 11) is -3.96. The van der Waals surface area contributed by atoms with E-state index in [9.17, 15) is 17.6 Å². The molecule has 7 nitrogen and oxygen atoms in total. The summed E-state index contributed by atoms with van der Waals surface area (Å²) in [5.74, 6) is -1.00. The Bertz CT molecular complexity index is 1250. The van der Waals surface area contributed by atoms with Crippen LogP contribution in [0.3, 0.4) is 0 Å². The molecule has 174 valence electrons. The Morgan fingerprint density at radius 1 is 1.30 bits per heavy atom. The summed E-state index contributed by atoms with van der Waals surface area (Å²) in [6, 6.07) is 10.0. The Balaban J connectivity index is 1.51. The second kappa shape index (κ2) is 9.98. The van der Waals surface area contributed by atoms with Gasteiger partial charge in [-0.3, -0.25) is 4.79 Å². The Labute approximate surface area is 196 Å². The van der Waals surface area contributed by atoms with Gasteiger partial charge >= 0.3 is 0 Å². The summed E-state index contributed by atoms with van der Waals surface area (Å²) >= 11 is 1.55. The number of sulfonamides is 1. The number of hydrogen-bond donors (Lipinski definition) is 1. The minimum absolute atomic E-state index is 0.0278. The summed E-state index contributed by atoms with van der Waals surface area (Å²) < 4.78 is 47.4. The molecule has 1 unspecified atom stereocenters. The van der Waals surface area contributed by atoms with Crippen LogP contribution in [0.15, 0.2) is 51.2 Å². The van der Waals surface area contributed by atoms with Crippen LogP contribution in [-0.4, -0.2) is 36.9 Å². The number of rotatable bonds is 7. The monoisotopic (exact) mass is 489 g/mol. The molecule has 4 rings (SSSR count). The molecule has 1 aromatic carbocycles. The van der Waals surface area contributed by atoms with Crippen LogP contribution in [0.25, 0.3) is 12.2 Å². The highest BCUT2D eigenvalue weighted by Crippen LogP contribution is 2.29. The van der Waals surface area contributed by atoms with Gasteiger partial charge in [0.05, 0.1) is 12.5 Å². The van der Waals surface area contributed by atoms with E-state index >= 15 is 0 Å². The topological polar surface area (TPSA) is 92.5 Å². The van der Waals surface area contributed by atoms with Crippen molar-refractivity contribution in [3.8, 4) is 0 Å². The van der Waals surface area contributed by atoms with E-state index in [4.69, 9.17) is 4.52 Å². The van der Waals surface area contributed by atoms with Gasteiger partial charge in [-0.15, -0.1) is 11.3 Å². The van der Waals surface area contributed by atoms with Gasteiger partial charge in [0, 0.05) is 23.5 Å². The number of thiophene rings is 1. The van der Waals surface area contributed by atoms with Crippen LogP contribution in [0.2, 0.25) is 0 Å². The molecule has 1 N–H and O–H groups in total. The van der Waals surface area contributed by atoms with E-state index in [1.54, 1.807) is 36.5 Å². The molecule has 0 saturated carbocycles. The van der Waals surface area contributed by atoms with Gasteiger partial charge in [-0.2, -0.15) is 4.31 Å². The fourth-order valence-electron chi connectivity index (χ4n) is 3.81. The first-order valence-corrected chi connectivity index (χ1v) is 12.9. The van der Waals surface area contributed by atoms with E-state index in [1.807, 2.05) is 17.5 Å². The van der Waals surface area contributed by atoms with Gasteiger partial charge in [0.2, 0.25) is 15.9 Å². The molecule has 3 heterocycles. The molecule has 0 radical (unpaired) electrons. The van der Waals surface area contributed by atoms with E-state index in [-0.39, 0.29) is 28.8 Å². The maximum atomic E-state index is 13.9. The first-order chi connectivity index (χ1) is 15.9. The fourth-order valence-corrected chi connectivity index (χ4v) is 6.23. The number of carbonyl (C=O) groups excluding carboxylic acids is 1. The maximum Gasteiger partial charge on any atom is 0.248 e. The molecule has 1 aliphatic rings. The van der Waals surface area contributed by atoms with E-state index in [0.29, 0.717) is 31.5 Å². The number of aromatic nitrogens is 1. The third kappa shape index (κ3) is 5.23. The zero-order valence-corrected chi connectivity index (χ0v) is 19.7. The van der Waals surface area contributed by atoms with Crippen LogP contribution in [0.1, 0.15) is 34.7 Å². The van der Waals surface area contributed by atoms with Crippen molar-refractivity contribution in [1.29, 1.82) is 0 Å². The molecule has 0 aliphatic carbocycles. The molecule has 2 aromatic heterocycles. The number of amides is 1. The van der Waals surface area contributed by atoms with Crippen molar-refractivity contribution in [3.63, 3.8) is 0 Å². The Morgan fingerprint density at radius 3 is 2.88 bits per heavy atom. The zero-order valence-electron chi connectivity index (χ0n) is 18.0. The summed E-state index contributed by atoms with van der Waals surface area (Å²) in [5, 5.41) is 8.66. The van der Waals surface area contributed by atoms with Gasteiger partial charge in [0.25, 0.3) is 0 Å². The van der Waals surface area contributed by atoms with Crippen LogP contribution >= 0.6 is 11.3 Å². The van der Waals surface area contributed by atoms with Gasteiger partial charge in [-0.25, -0.2) is 12.8 Å². The third-order valence-electron chi connectivity index (χ3n) is 5.52. The lowest BCUT2D eigenvalue weighted by Crippen LogP contribution is -2.45. The van der Waals surface area contributed by atoms with E-state index in [0.717, 1.165) is 4.88 Å². The smallest absolute Gasteiger partial charge is 0.248 e. The molecule has 1 fully saturated rings.